The number of nitrogens with zero attached hydrogens (tertiary/aromatic N) is 7. The predicted molar refractivity (Wildman–Crippen MR) is 133 cm³/mol. The van der Waals surface area contributed by atoms with Crippen LogP contribution in [0.25, 0.3) is 22.3 Å². The number of phosphoric acid groups is 1. The Balaban J connectivity index is 1.10. The highest BCUT2D eigenvalue weighted by Crippen LogP contribution is 2.49. The molecule has 40 heavy (non-hydrogen) atoms. The molecular weight excluding hydrogens is 555 g/mol. The van der Waals surface area contributed by atoms with Crippen LogP contribution < -0.4 is 17.0 Å². The van der Waals surface area contributed by atoms with Crippen LogP contribution in [0.2, 0.25) is 0 Å². The summed E-state index contributed by atoms with van der Waals surface area (Å²) in [5.74, 6) is 0.0596. The van der Waals surface area contributed by atoms with Gasteiger partial charge in [-0.15, -0.1) is 0 Å². The predicted octanol–water partition coefficient (Wildman–Crippen LogP) is -1.45. The molecule has 19 nitrogen and oxygen atoms in total. The van der Waals surface area contributed by atoms with Crippen molar-refractivity contribution in [3.63, 3.8) is 0 Å². The van der Waals surface area contributed by atoms with Gasteiger partial charge in [-0.05, 0) is 0 Å². The topological polar surface area (TPSA) is 274 Å². The van der Waals surface area contributed by atoms with Gasteiger partial charge in [0, 0.05) is 12.8 Å². The van der Waals surface area contributed by atoms with Gasteiger partial charge in [0.15, 0.2) is 22.6 Å². The molecule has 20 heteroatoms. The maximum atomic E-state index is 12.8. The summed E-state index contributed by atoms with van der Waals surface area (Å²) in [5.41, 5.74) is 11.9. The molecular formula is C20H25N10O9P. The second-order valence-corrected chi connectivity index (χ2v) is 10.7. The van der Waals surface area contributed by atoms with E-state index >= 15 is 0 Å². The monoisotopic (exact) mass is 580 g/mol. The standard InChI is InChI=1S/C20H25N10O9P/c21-16-14-17(24-5-23-16)29(6-25-14)13-2-9(10(3-31)37-13)39-40(34,35)36-4-11-8(32)1-12(38-11)30-7-26-15-18(30)27-20(22)28-19(15)33/h5-13,31-32H,1-4H2,(H,34,35)(H2,21,23,24)(H3,22,27,28,33). The Bertz CT molecular complexity index is 1660. The number of aromatic nitrogens is 8. The first-order chi connectivity index (χ1) is 19.1. The molecule has 2 aliphatic rings. The molecule has 0 aromatic carbocycles. The molecule has 6 rings (SSSR count). The summed E-state index contributed by atoms with van der Waals surface area (Å²) in [4.78, 5) is 45.1. The zero-order valence-electron chi connectivity index (χ0n) is 20.5. The molecule has 0 spiro atoms. The molecule has 4 aromatic rings. The number of aliphatic hydroxyl groups excluding tert-OH is 2. The van der Waals surface area contributed by atoms with Crippen molar-refractivity contribution in [2.45, 2.75) is 49.7 Å². The molecule has 7 atom stereocenters. The van der Waals surface area contributed by atoms with E-state index in [1.54, 1.807) is 4.57 Å². The highest BCUT2D eigenvalue weighted by molar-refractivity contribution is 7.47. The average Bonchev–Trinajstić information content (AvgIpc) is 3.67. The first-order valence-corrected chi connectivity index (χ1v) is 13.5. The van der Waals surface area contributed by atoms with Gasteiger partial charge in [-0.1, -0.05) is 0 Å². The Morgan fingerprint density at radius 1 is 1.05 bits per heavy atom. The summed E-state index contributed by atoms with van der Waals surface area (Å²) in [7, 11) is -4.71. The number of aliphatic hydroxyl groups is 2. The van der Waals surface area contributed by atoms with Gasteiger partial charge in [0.2, 0.25) is 5.95 Å². The summed E-state index contributed by atoms with van der Waals surface area (Å²) in [6.07, 6.45) is -1.49. The van der Waals surface area contributed by atoms with Gasteiger partial charge < -0.3 is 36.0 Å². The van der Waals surface area contributed by atoms with E-state index in [-0.39, 0.29) is 35.8 Å². The van der Waals surface area contributed by atoms with E-state index < -0.39 is 63.5 Å². The molecule has 8 N–H and O–H groups in total. The maximum Gasteiger partial charge on any atom is 0.472 e. The maximum absolute atomic E-state index is 12.8. The summed E-state index contributed by atoms with van der Waals surface area (Å²) in [6.45, 7) is -1.01. The van der Waals surface area contributed by atoms with Gasteiger partial charge in [-0.2, -0.15) is 4.98 Å². The van der Waals surface area contributed by atoms with E-state index in [1.807, 2.05) is 0 Å². The van der Waals surface area contributed by atoms with Gasteiger partial charge in [-0.3, -0.25) is 28.0 Å². The number of ether oxygens (including phenoxy) is 2. The number of imidazole rings is 2. The van der Waals surface area contributed by atoms with Crippen LogP contribution in [-0.2, 0) is 23.1 Å². The molecule has 6 heterocycles. The van der Waals surface area contributed by atoms with Crippen molar-refractivity contribution in [2.75, 3.05) is 24.7 Å². The minimum absolute atomic E-state index is 0.0374. The number of nitrogens with one attached hydrogen (secondary N) is 1. The Labute approximate surface area is 223 Å². The Morgan fingerprint density at radius 2 is 1.75 bits per heavy atom. The molecule has 2 saturated heterocycles. The van der Waals surface area contributed by atoms with Crippen LogP contribution in [0.3, 0.4) is 0 Å². The fraction of sp³-hybridized carbons (Fsp3) is 0.500. The van der Waals surface area contributed by atoms with Gasteiger partial charge in [0.1, 0.15) is 42.6 Å². The highest BCUT2D eigenvalue weighted by atomic mass is 31.2. The van der Waals surface area contributed by atoms with E-state index in [1.165, 1.54) is 23.5 Å². The van der Waals surface area contributed by atoms with E-state index in [9.17, 15) is 24.5 Å². The van der Waals surface area contributed by atoms with Crippen LogP contribution in [0.15, 0.2) is 23.8 Å². The van der Waals surface area contributed by atoms with Crippen LogP contribution in [0.1, 0.15) is 25.3 Å². The lowest BCUT2D eigenvalue weighted by Crippen LogP contribution is -2.29. The van der Waals surface area contributed by atoms with Crippen LogP contribution in [0.4, 0.5) is 11.8 Å². The lowest BCUT2D eigenvalue weighted by molar-refractivity contribution is -0.0554. The zero-order valence-corrected chi connectivity index (χ0v) is 21.4. The van der Waals surface area contributed by atoms with Crippen LogP contribution in [0.5, 0.6) is 0 Å². The van der Waals surface area contributed by atoms with Gasteiger partial charge in [0.25, 0.3) is 5.56 Å². The van der Waals surface area contributed by atoms with E-state index in [0.717, 1.165) is 0 Å². The normalized spacial score (nSPS) is 28.5. The highest BCUT2D eigenvalue weighted by Gasteiger charge is 2.43. The largest absolute Gasteiger partial charge is 0.472 e. The number of hydrogen-bond acceptors (Lipinski definition) is 15. The molecule has 0 bridgehead atoms. The lowest BCUT2D eigenvalue weighted by atomic mass is 10.2. The summed E-state index contributed by atoms with van der Waals surface area (Å²) >= 11 is 0. The number of nitrogen functional groups attached to an aromatic ring is 2. The van der Waals surface area contributed by atoms with Gasteiger partial charge >= 0.3 is 7.82 Å². The number of nitrogens with two attached hydrogens (primary N) is 2. The Hall–Kier alpha value is -3.55. The van der Waals surface area contributed by atoms with Crippen molar-refractivity contribution in [1.29, 1.82) is 0 Å². The molecule has 2 aliphatic heterocycles. The summed E-state index contributed by atoms with van der Waals surface area (Å²) in [5, 5.41) is 20.3. The van der Waals surface area contributed by atoms with Crippen molar-refractivity contribution in [3.05, 3.63) is 29.3 Å². The van der Waals surface area contributed by atoms with Gasteiger partial charge in [0.05, 0.1) is 32.0 Å². The second kappa shape index (κ2) is 10.1. The molecule has 0 aliphatic carbocycles. The quantitative estimate of drug-likeness (QED) is 0.130. The van der Waals surface area contributed by atoms with Crippen LogP contribution in [0, 0.1) is 0 Å². The van der Waals surface area contributed by atoms with Crippen molar-refractivity contribution >= 4 is 41.9 Å². The third-order valence-electron chi connectivity index (χ3n) is 6.69. The number of fused-ring (bicyclic) bond motifs is 2. The number of H-pyrrole nitrogens is 1. The fourth-order valence-electron chi connectivity index (χ4n) is 4.79. The molecule has 0 radical (unpaired) electrons. The number of aromatic amines is 1. The minimum Gasteiger partial charge on any atom is -0.394 e. The van der Waals surface area contributed by atoms with Crippen molar-refractivity contribution in [3.8, 4) is 0 Å². The number of hydrogen-bond donors (Lipinski definition) is 6. The summed E-state index contributed by atoms with van der Waals surface area (Å²) in [6, 6.07) is 0. The molecule has 7 unspecified atom stereocenters. The van der Waals surface area contributed by atoms with Crippen molar-refractivity contribution in [2.24, 2.45) is 0 Å². The SMILES string of the molecule is Nc1nc2c(ncn2C2CC(O)C(COP(=O)(O)OC3CC(n4cnc5c(N)ncnc54)OC3CO)O2)c(=O)[nH]1. The van der Waals surface area contributed by atoms with Crippen molar-refractivity contribution < 1.29 is 38.2 Å². The van der Waals surface area contributed by atoms with E-state index in [0.29, 0.717) is 11.2 Å². The second-order valence-electron chi connectivity index (χ2n) is 9.25. The first-order valence-electron chi connectivity index (χ1n) is 12.0. The average molecular weight is 580 g/mol. The molecule has 0 saturated carbocycles. The minimum atomic E-state index is -4.71. The zero-order chi connectivity index (χ0) is 28.2. The van der Waals surface area contributed by atoms with E-state index in [4.69, 9.17) is 30.0 Å². The summed E-state index contributed by atoms with van der Waals surface area (Å²) < 4.78 is 37.9. The molecule has 214 valence electrons. The number of rotatable bonds is 8. The third-order valence-corrected chi connectivity index (χ3v) is 7.71. The number of anilines is 2. The first kappa shape index (κ1) is 26.7. The molecule has 2 fully saturated rings. The van der Waals surface area contributed by atoms with E-state index in [2.05, 4.69) is 29.9 Å². The smallest absolute Gasteiger partial charge is 0.394 e. The Morgan fingerprint density at radius 3 is 2.52 bits per heavy atom. The Kier molecular flexibility index (Phi) is 6.75. The van der Waals surface area contributed by atoms with Crippen LogP contribution in [-0.4, -0.2) is 91.8 Å². The van der Waals surface area contributed by atoms with Crippen molar-refractivity contribution in [1.82, 2.24) is 39.0 Å². The lowest BCUT2D eigenvalue weighted by Gasteiger charge is -2.21. The third kappa shape index (κ3) is 4.82. The van der Waals surface area contributed by atoms with Crippen LogP contribution >= 0.6 is 7.82 Å². The van der Waals surface area contributed by atoms with Gasteiger partial charge in [-0.25, -0.2) is 24.5 Å². The molecule has 4 aromatic heterocycles. The number of phosphoric ester groups is 1. The fourth-order valence-corrected chi connectivity index (χ4v) is 5.75. The molecule has 0 amide bonds.